The third-order valence-corrected chi connectivity index (χ3v) is 9.08. The molecule has 1 aliphatic rings. The van der Waals surface area contributed by atoms with E-state index in [1.165, 1.54) is 29.0 Å². The lowest BCUT2D eigenvalue weighted by Crippen LogP contribution is -2.34. The van der Waals surface area contributed by atoms with Gasteiger partial charge in [-0.2, -0.15) is 0 Å². The molecule has 0 unspecified atom stereocenters. The molecule has 0 atom stereocenters. The minimum atomic E-state index is -4.22. The Kier molecular flexibility index (Phi) is 7.04. The van der Waals surface area contributed by atoms with Crippen molar-refractivity contribution in [3.8, 4) is 11.1 Å². The Morgan fingerprint density at radius 3 is 2.74 bits per heavy atom. The zero-order valence-corrected chi connectivity index (χ0v) is 23.9. The molecule has 0 fully saturated rings. The molecule has 11 heteroatoms. The summed E-state index contributed by atoms with van der Waals surface area (Å²) in [7, 11) is -4.22. The zero-order valence-electron chi connectivity index (χ0n) is 22.3. The highest BCUT2D eigenvalue weighted by Crippen LogP contribution is 2.37. The number of carbonyl (C=O) groups excluding carboxylic acids is 1. The molecule has 0 aliphatic heterocycles. The van der Waals surface area contributed by atoms with E-state index in [0.717, 1.165) is 5.39 Å². The summed E-state index contributed by atoms with van der Waals surface area (Å²) in [6, 6.07) is 15.1. The molecule has 0 spiro atoms. The molecule has 3 aromatic heterocycles. The number of aromatic nitrogens is 3. The zero-order chi connectivity index (χ0) is 29.6. The summed E-state index contributed by atoms with van der Waals surface area (Å²) in [5.41, 5.74) is 1.41. The van der Waals surface area contributed by atoms with Crippen LogP contribution in [-0.4, -0.2) is 28.9 Å². The Hall–Kier alpha value is -4.54. The molecular formula is C31H24ClFN4O4S. The quantitative estimate of drug-likeness (QED) is 0.232. The molecule has 3 heterocycles. The second-order valence-corrected chi connectivity index (χ2v) is 12.1. The monoisotopic (exact) mass is 602 g/mol. The normalized spacial score (nSPS) is 13.5. The number of hydrogen-bond acceptors (Lipinski definition) is 5. The summed E-state index contributed by atoms with van der Waals surface area (Å²) >= 11 is 6.59. The predicted octanol–water partition coefficient (Wildman–Crippen LogP) is 5.99. The van der Waals surface area contributed by atoms with Crippen LogP contribution in [0.25, 0.3) is 32.9 Å². The number of pyridine rings is 2. The van der Waals surface area contributed by atoms with Gasteiger partial charge >= 0.3 is 0 Å². The number of amides is 1. The molecule has 2 aromatic carbocycles. The highest BCUT2D eigenvalue weighted by Gasteiger charge is 2.30. The Morgan fingerprint density at radius 1 is 1.17 bits per heavy atom. The van der Waals surface area contributed by atoms with Gasteiger partial charge in [0.05, 0.1) is 22.5 Å². The standard InChI is InChI=1S/C31H24ClFN4O4S/c1-18-14-23-26(16-24(18)33)37(17-20-15-19-8-5-6-12-25(19)35-29(20)32)28(27(23)22-11-7-13-34-30(22)38)31(39)36-42(40,41)21-9-3-2-4-10-21/h2-3,5-9,11-16H,4,10,17H2,1H3,(H,34,38)(H,36,39). The summed E-state index contributed by atoms with van der Waals surface area (Å²) in [4.78, 5) is 34.2. The summed E-state index contributed by atoms with van der Waals surface area (Å²) in [6.45, 7) is 1.51. The van der Waals surface area contributed by atoms with Crippen LogP contribution >= 0.6 is 11.6 Å². The minimum absolute atomic E-state index is 0.0591. The summed E-state index contributed by atoms with van der Waals surface area (Å²) in [5, 5.41) is 1.36. The van der Waals surface area contributed by atoms with Gasteiger partial charge in [-0.1, -0.05) is 42.0 Å². The Morgan fingerprint density at radius 2 is 1.98 bits per heavy atom. The molecular weight excluding hydrogens is 579 g/mol. The van der Waals surface area contributed by atoms with Crippen molar-refractivity contribution in [2.45, 2.75) is 26.3 Å². The molecule has 0 saturated heterocycles. The summed E-state index contributed by atoms with van der Waals surface area (Å²) in [6.07, 6.45) is 7.08. The first-order valence-corrected chi connectivity index (χ1v) is 15.0. The van der Waals surface area contributed by atoms with E-state index in [1.807, 2.05) is 36.4 Å². The van der Waals surface area contributed by atoms with Crippen LogP contribution in [0.15, 0.2) is 88.7 Å². The number of allylic oxidation sites excluding steroid dienone is 4. The van der Waals surface area contributed by atoms with E-state index in [2.05, 4.69) is 14.7 Å². The van der Waals surface area contributed by atoms with Crippen LogP contribution in [0.3, 0.4) is 0 Å². The fraction of sp³-hybridized carbons (Fsp3) is 0.129. The van der Waals surface area contributed by atoms with Crippen LogP contribution in [0.1, 0.15) is 34.5 Å². The number of H-pyrrole nitrogens is 1. The van der Waals surface area contributed by atoms with Crippen LogP contribution in [0.5, 0.6) is 0 Å². The molecule has 1 aliphatic carbocycles. The van der Waals surface area contributed by atoms with E-state index in [4.69, 9.17) is 11.6 Å². The van der Waals surface area contributed by atoms with E-state index in [-0.39, 0.29) is 50.9 Å². The molecule has 6 rings (SSSR count). The van der Waals surface area contributed by atoms with Gasteiger partial charge in [0, 0.05) is 33.7 Å². The van der Waals surface area contributed by atoms with Gasteiger partial charge in [-0.3, -0.25) is 9.59 Å². The Labute approximate surface area is 245 Å². The van der Waals surface area contributed by atoms with Crippen LogP contribution in [0.2, 0.25) is 5.15 Å². The number of nitrogens with one attached hydrogen (secondary N) is 2. The van der Waals surface area contributed by atoms with Crippen LogP contribution in [0, 0.1) is 12.7 Å². The first-order chi connectivity index (χ1) is 20.1. The summed E-state index contributed by atoms with van der Waals surface area (Å²) < 4.78 is 45.3. The van der Waals surface area contributed by atoms with Gasteiger partial charge in [-0.25, -0.2) is 22.5 Å². The molecule has 2 N–H and O–H groups in total. The van der Waals surface area contributed by atoms with Gasteiger partial charge in [0.15, 0.2) is 0 Å². The number of hydrogen-bond donors (Lipinski definition) is 2. The number of carbonyl (C=O) groups is 1. The molecule has 0 radical (unpaired) electrons. The van der Waals surface area contributed by atoms with Crippen molar-refractivity contribution in [1.82, 2.24) is 19.3 Å². The molecule has 8 nitrogen and oxygen atoms in total. The highest BCUT2D eigenvalue weighted by molar-refractivity contribution is 7.93. The van der Waals surface area contributed by atoms with Crippen molar-refractivity contribution in [3.63, 3.8) is 0 Å². The van der Waals surface area contributed by atoms with E-state index in [0.29, 0.717) is 22.9 Å². The molecule has 0 saturated carbocycles. The van der Waals surface area contributed by atoms with Gasteiger partial charge in [0.1, 0.15) is 16.7 Å². The van der Waals surface area contributed by atoms with Crippen molar-refractivity contribution < 1.29 is 17.6 Å². The smallest absolute Gasteiger partial charge is 0.282 e. The number of aryl methyl sites for hydroxylation is 1. The minimum Gasteiger partial charge on any atom is -0.331 e. The lowest BCUT2D eigenvalue weighted by atomic mass is 10.0. The number of halogens is 2. The highest BCUT2D eigenvalue weighted by atomic mass is 35.5. The van der Waals surface area contributed by atoms with Crippen LogP contribution in [0.4, 0.5) is 4.39 Å². The second-order valence-electron chi connectivity index (χ2n) is 10.0. The first kappa shape index (κ1) is 27.6. The topological polar surface area (TPSA) is 114 Å². The number of rotatable bonds is 6. The van der Waals surface area contributed by atoms with Crippen molar-refractivity contribution in [1.29, 1.82) is 0 Å². The third kappa shape index (κ3) is 4.93. The van der Waals surface area contributed by atoms with Crippen molar-refractivity contribution in [2.75, 3.05) is 0 Å². The second kappa shape index (κ2) is 10.7. The largest absolute Gasteiger partial charge is 0.331 e. The van der Waals surface area contributed by atoms with Crippen LogP contribution in [-0.2, 0) is 16.6 Å². The number of benzene rings is 2. The van der Waals surface area contributed by atoms with E-state index in [9.17, 15) is 18.0 Å². The van der Waals surface area contributed by atoms with E-state index >= 15 is 4.39 Å². The van der Waals surface area contributed by atoms with Gasteiger partial charge < -0.3 is 9.55 Å². The fourth-order valence-electron chi connectivity index (χ4n) is 5.23. The van der Waals surface area contributed by atoms with E-state index < -0.39 is 27.3 Å². The average molecular weight is 603 g/mol. The van der Waals surface area contributed by atoms with Crippen molar-refractivity contribution >= 4 is 49.3 Å². The number of fused-ring (bicyclic) bond motifs is 2. The molecule has 212 valence electrons. The molecule has 5 aromatic rings. The third-order valence-electron chi connectivity index (χ3n) is 7.27. The van der Waals surface area contributed by atoms with Crippen molar-refractivity contribution in [2.24, 2.45) is 0 Å². The SMILES string of the molecule is Cc1cc2c(-c3ccc[nH]c3=O)c(C(=O)NS(=O)(=O)C3=CC=CCC3)n(Cc3cc4ccccc4nc3Cl)c2cc1F. The van der Waals surface area contributed by atoms with Gasteiger partial charge in [-0.15, -0.1) is 0 Å². The number of aromatic amines is 1. The van der Waals surface area contributed by atoms with E-state index in [1.54, 1.807) is 25.1 Å². The average Bonchev–Trinajstić information content (AvgIpc) is 3.26. The molecule has 1 amide bonds. The fourth-order valence-corrected chi connectivity index (χ4v) is 6.55. The maximum absolute atomic E-state index is 15.1. The van der Waals surface area contributed by atoms with Crippen LogP contribution < -0.4 is 10.3 Å². The number of sulfonamides is 1. The lowest BCUT2D eigenvalue weighted by molar-refractivity contribution is 0.0974. The maximum atomic E-state index is 15.1. The Bertz CT molecular complexity index is 2150. The predicted molar refractivity (Wildman–Crippen MR) is 161 cm³/mol. The maximum Gasteiger partial charge on any atom is 0.282 e. The lowest BCUT2D eigenvalue weighted by Gasteiger charge is -2.16. The summed E-state index contributed by atoms with van der Waals surface area (Å²) in [5.74, 6) is -1.50. The first-order valence-electron chi connectivity index (χ1n) is 13.1. The number of para-hydroxylation sites is 1. The van der Waals surface area contributed by atoms with Crippen molar-refractivity contribution in [3.05, 3.63) is 122 Å². The number of nitrogens with zero attached hydrogens (tertiary/aromatic N) is 2. The van der Waals surface area contributed by atoms with Gasteiger partial charge in [0.2, 0.25) is 0 Å². The van der Waals surface area contributed by atoms with Gasteiger partial charge in [-0.05, 0) is 67.8 Å². The molecule has 0 bridgehead atoms. The molecule has 42 heavy (non-hydrogen) atoms. The van der Waals surface area contributed by atoms with Gasteiger partial charge in [0.25, 0.3) is 21.5 Å². The Balaban J connectivity index is 1.63.